The minimum absolute atomic E-state index is 0.00828. The summed E-state index contributed by atoms with van der Waals surface area (Å²) < 4.78 is 0. The van der Waals surface area contributed by atoms with E-state index in [9.17, 15) is 9.90 Å². The average molecular weight is 276 g/mol. The largest absolute Gasteiger partial charge is 0.394 e. The SMILES string of the molecule is CCC1CCNC(C(=O)NC(CO)c2ccccc2)C1. The number of aliphatic hydroxyl groups is 1. The second kappa shape index (κ2) is 7.41. The first-order chi connectivity index (χ1) is 9.74. The van der Waals surface area contributed by atoms with Gasteiger partial charge in [-0.1, -0.05) is 43.7 Å². The molecule has 110 valence electrons. The summed E-state index contributed by atoms with van der Waals surface area (Å²) in [5.41, 5.74) is 0.936. The highest BCUT2D eigenvalue weighted by atomic mass is 16.3. The maximum Gasteiger partial charge on any atom is 0.237 e. The van der Waals surface area contributed by atoms with Crippen LogP contribution in [0.25, 0.3) is 0 Å². The maximum absolute atomic E-state index is 12.3. The summed E-state index contributed by atoms with van der Waals surface area (Å²) in [6.07, 6.45) is 3.14. The first-order valence-corrected chi connectivity index (χ1v) is 7.44. The van der Waals surface area contributed by atoms with Gasteiger partial charge in [0.1, 0.15) is 0 Å². The van der Waals surface area contributed by atoms with Crippen molar-refractivity contribution in [2.24, 2.45) is 5.92 Å². The van der Waals surface area contributed by atoms with E-state index in [4.69, 9.17) is 0 Å². The van der Waals surface area contributed by atoms with E-state index in [1.165, 1.54) is 0 Å². The summed E-state index contributed by atoms with van der Waals surface area (Å²) in [4.78, 5) is 12.3. The Bertz CT molecular complexity index is 422. The van der Waals surface area contributed by atoms with Crippen LogP contribution in [0.2, 0.25) is 0 Å². The van der Waals surface area contributed by atoms with Crippen LogP contribution in [0.15, 0.2) is 30.3 Å². The Morgan fingerprint density at radius 1 is 1.45 bits per heavy atom. The monoisotopic (exact) mass is 276 g/mol. The zero-order valence-electron chi connectivity index (χ0n) is 12.0. The van der Waals surface area contributed by atoms with Crippen LogP contribution in [0.3, 0.4) is 0 Å². The van der Waals surface area contributed by atoms with Crippen LogP contribution in [0.4, 0.5) is 0 Å². The second-order valence-corrected chi connectivity index (χ2v) is 5.46. The molecule has 4 heteroatoms. The van der Waals surface area contributed by atoms with E-state index in [0.29, 0.717) is 5.92 Å². The minimum atomic E-state index is -0.326. The molecular formula is C16H24N2O2. The fourth-order valence-electron chi connectivity index (χ4n) is 2.76. The molecule has 0 saturated carbocycles. The number of hydrogen-bond donors (Lipinski definition) is 3. The van der Waals surface area contributed by atoms with Crippen LogP contribution in [-0.4, -0.2) is 30.2 Å². The van der Waals surface area contributed by atoms with Gasteiger partial charge in [0.05, 0.1) is 18.7 Å². The van der Waals surface area contributed by atoms with Gasteiger partial charge in [0.15, 0.2) is 0 Å². The summed E-state index contributed by atoms with van der Waals surface area (Å²) in [5.74, 6) is 0.613. The van der Waals surface area contributed by atoms with Crippen LogP contribution in [0, 0.1) is 5.92 Å². The van der Waals surface area contributed by atoms with E-state index >= 15 is 0 Å². The smallest absolute Gasteiger partial charge is 0.237 e. The summed E-state index contributed by atoms with van der Waals surface area (Å²) in [6.45, 7) is 2.98. The van der Waals surface area contributed by atoms with Gasteiger partial charge in [-0.05, 0) is 30.9 Å². The van der Waals surface area contributed by atoms with Crippen LogP contribution in [0.1, 0.15) is 37.8 Å². The fraction of sp³-hybridized carbons (Fsp3) is 0.562. The van der Waals surface area contributed by atoms with E-state index in [1.807, 2.05) is 30.3 Å². The van der Waals surface area contributed by atoms with Crippen molar-refractivity contribution in [2.45, 2.75) is 38.3 Å². The Kier molecular flexibility index (Phi) is 5.56. The molecule has 3 unspecified atom stereocenters. The van der Waals surface area contributed by atoms with E-state index in [1.54, 1.807) is 0 Å². The quantitative estimate of drug-likeness (QED) is 0.766. The van der Waals surface area contributed by atoms with Crippen molar-refractivity contribution in [1.82, 2.24) is 10.6 Å². The Balaban J connectivity index is 1.95. The Morgan fingerprint density at radius 3 is 2.85 bits per heavy atom. The van der Waals surface area contributed by atoms with Crippen molar-refractivity contribution in [3.05, 3.63) is 35.9 Å². The van der Waals surface area contributed by atoms with Gasteiger partial charge in [0, 0.05) is 0 Å². The zero-order chi connectivity index (χ0) is 14.4. The van der Waals surface area contributed by atoms with Gasteiger partial charge in [-0.3, -0.25) is 4.79 Å². The van der Waals surface area contributed by atoms with Gasteiger partial charge in [-0.2, -0.15) is 0 Å². The number of hydrogen-bond acceptors (Lipinski definition) is 3. The summed E-state index contributed by atoms with van der Waals surface area (Å²) in [7, 11) is 0. The number of aliphatic hydroxyl groups excluding tert-OH is 1. The molecular weight excluding hydrogens is 252 g/mol. The molecule has 1 saturated heterocycles. The molecule has 1 aromatic carbocycles. The molecule has 4 nitrogen and oxygen atoms in total. The fourth-order valence-corrected chi connectivity index (χ4v) is 2.76. The topological polar surface area (TPSA) is 61.4 Å². The highest BCUT2D eigenvalue weighted by molar-refractivity contribution is 5.82. The molecule has 0 bridgehead atoms. The third-order valence-corrected chi connectivity index (χ3v) is 4.11. The van der Waals surface area contributed by atoms with E-state index in [0.717, 1.165) is 31.4 Å². The lowest BCUT2D eigenvalue weighted by molar-refractivity contribution is -0.125. The van der Waals surface area contributed by atoms with E-state index in [-0.39, 0.29) is 24.6 Å². The van der Waals surface area contributed by atoms with Crippen molar-refractivity contribution >= 4 is 5.91 Å². The minimum Gasteiger partial charge on any atom is -0.394 e. The number of piperidine rings is 1. The van der Waals surface area contributed by atoms with Crippen LogP contribution in [-0.2, 0) is 4.79 Å². The summed E-state index contributed by atoms with van der Waals surface area (Å²) in [5, 5.41) is 15.7. The molecule has 1 aliphatic heterocycles. The van der Waals surface area contributed by atoms with Gasteiger partial charge in [-0.25, -0.2) is 0 Å². The highest BCUT2D eigenvalue weighted by Crippen LogP contribution is 2.20. The molecule has 0 spiro atoms. The lowest BCUT2D eigenvalue weighted by Crippen LogP contribution is -2.49. The Labute approximate surface area is 120 Å². The van der Waals surface area contributed by atoms with Crippen molar-refractivity contribution < 1.29 is 9.90 Å². The molecule has 0 aromatic heterocycles. The molecule has 1 fully saturated rings. The lowest BCUT2D eigenvalue weighted by Gasteiger charge is -2.30. The molecule has 20 heavy (non-hydrogen) atoms. The first kappa shape index (κ1) is 15.0. The number of nitrogens with one attached hydrogen (secondary N) is 2. The van der Waals surface area contributed by atoms with Crippen LogP contribution >= 0.6 is 0 Å². The van der Waals surface area contributed by atoms with E-state index in [2.05, 4.69) is 17.6 Å². The van der Waals surface area contributed by atoms with Crippen molar-refractivity contribution in [3.63, 3.8) is 0 Å². The molecule has 3 atom stereocenters. The molecule has 1 aromatic rings. The molecule has 0 radical (unpaired) electrons. The predicted octanol–water partition coefficient (Wildman–Crippen LogP) is 1.61. The third-order valence-electron chi connectivity index (χ3n) is 4.11. The second-order valence-electron chi connectivity index (χ2n) is 5.46. The third kappa shape index (κ3) is 3.81. The zero-order valence-corrected chi connectivity index (χ0v) is 12.0. The molecule has 2 rings (SSSR count). The number of benzene rings is 1. The van der Waals surface area contributed by atoms with Crippen LogP contribution in [0.5, 0.6) is 0 Å². The molecule has 3 N–H and O–H groups in total. The van der Waals surface area contributed by atoms with Gasteiger partial charge < -0.3 is 15.7 Å². The van der Waals surface area contributed by atoms with Crippen molar-refractivity contribution in [3.8, 4) is 0 Å². The predicted molar refractivity (Wildman–Crippen MR) is 79.2 cm³/mol. The maximum atomic E-state index is 12.3. The van der Waals surface area contributed by atoms with E-state index < -0.39 is 0 Å². The molecule has 1 amide bonds. The number of amides is 1. The van der Waals surface area contributed by atoms with Gasteiger partial charge in [-0.15, -0.1) is 0 Å². The van der Waals surface area contributed by atoms with Gasteiger partial charge >= 0.3 is 0 Å². The molecule has 1 heterocycles. The Morgan fingerprint density at radius 2 is 2.20 bits per heavy atom. The number of carbonyl (C=O) groups is 1. The molecule has 1 aliphatic rings. The van der Waals surface area contributed by atoms with Crippen molar-refractivity contribution in [1.29, 1.82) is 0 Å². The van der Waals surface area contributed by atoms with Gasteiger partial charge in [0.2, 0.25) is 5.91 Å². The number of carbonyl (C=O) groups excluding carboxylic acids is 1. The summed E-state index contributed by atoms with van der Waals surface area (Å²) in [6, 6.07) is 9.13. The summed E-state index contributed by atoms with van der Waals surface area (Å²) >= 11 is 0. The van der Waals surface area contributed by atoms with Gasteiger partial charge in [0.25, 0.3) is 0 Å². The lowest BCUT2D eigenvalue weighted by atomic mass is 9.90. The number of rotatable bonds is 5. The average Bonchev–Trinajstić information content (AvgIpc) is 2.53. The first-order valence-electron chi connectivity index (χ1n) is 7.44. The van der Waals surface area contributed by atoms with Crippen molar-refractivity contribution in [2.75, 3.05) is 13.2 Å². The highest BCUT2D eigenvalue weighted by Gasteiger charge is 2.27. The normalized spacial score (nSPS) is 24.1. The Hall–Kier alpha value is -1.39. The molecule has 0 aliphatic carbocycles. The van der Waals surface area contributed by atoms with Crippen LogP contribution < -0.4 is 10.6 Å². The standard InChI is InChI=1S/C16H24N2O2/c1-2-12-8-9-17-14(10-12)16(20)18-15(11-19)13-6-4-3-5-7-13/h3-7,12,14-15,17,19H,2,8-11H2,1H3,(H,18,20).